The third kappa shape index (κ3) is 3.88. The van der Waals surface area contributed by atoms with Crippen LogP contribution >= 0.6 is 24.0 Å². The lowest BCUT2D eigenvalue weighted by Gasteiger charge is -2.39. The minimum atomic E-state index is 0.176. The zero-order chi connectivity index (χ0) is 18.7. The highest BCUT2D eigenvalue weighted by atomic mass is 32.2. The van der Waals surface area contributed by atoms with E-state index in [4.69, 9.17) is 18.0 Å². The van der Waals surface area contributed by atoms with Gasteiger partial charge in [0, 0.05) is 34.5 Å². The minimum absolute atomic E-state index is 0.176. The van der Waals surface area contributed by atoms with Gasteiger partial charge in [-0.15, -0.1) is 0 Å². The number of anilines is 2. The molecule has 0 aromatic heterocycles. The molecule has 0 unspecified atom stereocenters. The third-order valence-electron chi connectivity index (χ3n) is 4.67. The molecule has 3 rings (SSSR count). The zero-order valence-corrected chi connectivity index (χ0v) is 16.8. The summed E-state index contributed by atoms with van der Waals surface area (Å²) in [4.78, 5) is 7.52. The number of para-hydroxylation sites is 1. The van der Waals surface area contributed by atoms with E-state index in [2.05, 4.69) is 60.0 Å². The maximum Gasteiger partial charge on any atom is 0.104 e. The number of nitrogens with zero attached hydrogens (tertiary/aromatic N) is 2. The van der Waals surface area contributed by atoms with Gasteiger partial charge in [-0.2, -0.15) is 0 Å². The number of benzene rings is 2. The average Bonchev–Trinajstić information content (AvgIpc) is 2.64. The molecule has 1 aliphatic heterocycles. The number of hydrogen-bond acceptors (Lipinski definition) is 5. The van der Waals surface area contributed by atoms with Crippen molar-refractivity contribution in [3.05, 3.63) is 48.0 Å². The zero-order valence-electron chi connectivity index (χ0n) is 15.2. The van der Waals surface area contributed by atoms with Crippen LogP contribution in [0.5, 0.6) is 0 Å². The fraction of sp³-hybridized carbons (Fsp3) is 0.350. The maximum absolute atomic E-state index is 9.32. The third-order valence-corrected chi connectivity index (χ3v) is 6.04. The quantitative estimate of drug-likeness (QED) is 0.708. The molecule has 2 aromatic carbocycles. The summed E-state index contributed by atoms with van der Waals surface area (Å²) in [6, 6.07) is 14.9. The lowest BCUT2D eigenvalue weighted by molar-refractivity contribution is 0.196. The van der Waals surface area contributed by atoms with E-state index in [1.54, 1.807) is 11.8 Å². The second-order valence-corrected chi connectivity index (χ2v) is 7.98. The summed E-state index contributed by atoms with van der Waals surface area (Å²) in [7, 11) is 0. The van der Waals surface area contributed by atoms with Crippen LogP contribution in [0, 0.1) is 0 Å². The van der Waals surface area contributed by atoms with E-state index in [-0.39, 0.29) is 12.6 Å². The molecule has 0 fully saturated rings. The normalized spacial score (nSPS) is 14.1. The SMILES string of the molecule is CCN(CCO)C[C@@H](C)N1c2ccccc2Sc2ccc(C(N)=S)cc21. The molecule has 0 saturated carbocycles. The van der Waals surface area contributed by atoms with Gasteiger partial charge < -0.3 is 15.7 Å². The Labute approximate surface area is 165 Å². The monoisotopic (exact) mass is 387 g/mol. The van der Waals surface area contributed by atoms with E-state index >= 15 is 0 Å². The molecule has 3 N–H and O–H groups in total. The lowest BCUT2D eigenvalue weighted by Crippen LogP contribution is -2.42. The first-order chi connectivity index (χ1) is 12.5. The molecule has 26 heavy (non-hydrogen) atoms. The predicted octanol–water partition coefficient (Wildman–Crippen LogP) is 3.63. The van der Waals surface area contributed by atoms with E-state index in [0.29, 0.717) is 11.5 Å². The number of hydrogen-bond donors (Lipinski definition) is 2. The molecular weight excluding hydrogens is 362 g/mol. The van der Waals surface area contributed by atoms with Crippen molar-refractivity contribution in [1.82, 2.24) is 4.90 Å². The lowest BCUT2D eigenvalue weighted by atomic mass is 10.1. The number of aliphatic hydroxyl groups excluding tert-OH is 1. The Morgan fingerprint density at radius 3 is 2.65 bits per heavy atom. The predicted molar refractivity (Wildman–Crippen MR) is 114 cm³/mol. The Hall–Kier alpha value is -1.60. The van der Waals surface area contributed by atoms with Crippen LogP contribution in [0.15, 0.2) is 52.3 Å². The fourth-order valence-corrected chi connectivity index (χ4v) is 4.57. The summed E-state index contributed by atoms with van der Waals surface area (Å²) in [5.41, 5.74) is 9.11. The van der Waals surface area contributed by atoms with Crippen LogP contribution in [0.4, 0.5) is 11.4 Å². The van der Waals surface area contributed by atoms with Crippen molar-refractivity contribution in [3.8, 4) is 0 Å². The topological polar surface area (TPSA) is 52.7 Å². The van der Waals surface area contributed by atoms with Gasteiger partial charge in [0.05, 0.1) is 18.0 Å². The Kier molecular flexibility index (Phi) is 6.19. The molecule has 0 bridgehead atoms. The van der Waals surface area contributed by atoms with Crippen molar-refractivity contribution in [2.75, 3.05) is 31.1 Å². The van der Waals surface area contributed by atoms with E-state index in [1.165, 1.54) is 15.5 Å². The standard InChI is InChI=1S/C20H25N3OS2/c1-3-22(10-11-24)13-14(2)23-16-6-4-5-7-18(16)26-19-9-8-15(20(21)25)12-17(19)23/h4-9,12,14,24H,3,10-11,13H2,1-2H3,(H2,21,25)/t14-/m1/s1. The molecule has 0 amide bonds. The van der Waals surface area contributed by atoms with Crippen LogP contribution in [0.3, 0.4) is 0 Å². The number of aliphatic hydroxyl groups is 1. The van der Waals surface area contributed by atoms with E-state index in [9.17, 15) is 5.11 Å². The highest BCUT2D eigenvalue weighted by Gasteiger charge is 2.28. The summed E-state index contributed by atoms with van der Waals surface area (Å²) in [5, 5.41) is 9.32. The molecule has 0 spiro atoms. The number of thiocarbonyl (C=S) groups is 1. The molecule has 0 radical (unpaired) electrons. The van der Waals surface area contributed by atoms with Crippen LogP contribution in [-0.2, 0) is 0 Å². The highest BCUT2D eigenvalue weighted by Crippen LogP contribution is 2.49. The summed E-state index contributed by atoms with van der Waals surface area (Å²) in [6.45, 7) is 6.99. The molecule has 1 heterocycles. The highest BCUT2D eigenvalue weighted by molar-refractivity contribution is 7.99. The van der Waals surface area contributed by atoms with Crippen molar-refractivity contribution < 1.29 is 5.11 Å². The van der Waals surface area contributed by atoms with Crippen LogP contribution < -0.4 is 10.6 Å². The van der Waals surface area contributed by atoms with Gasteiger partial charge in [0.2, 0.25) is 0 Å². The molecule has 1 aliphatic rings. The Bertz CT molecular complexity index is 796. The number of nitrogens with two attached hydrogens (primary N) is 1. The summed E-state index contributed by atoms with van der Waals surface area (Å²) < 4.78 is 0. The smallest absolute Gasteiger partial charge is 0.104 e. The first-order valence-corrected chi connectivity index (χ1v) is 10.1. The van der Waals surface area contributed by atoms with Crippen LogP contribution in [0.25, 0.3) is 0 Å². The number of likely N-dealkylation sites (N-methyl/N-ethyl adjacent to an activating group) is 1. The van der Waals surface area contributed by atoms with E-state index in [1.807, 2.05) is 6.07 Å². The van der Waals surface area contributed by atoms with Crippen LogP contribution in [0.2, 0.25) is 0 Å². The van der Waals surface area contributed by atoms with Crippen molar-refractivity contribution in [3.63, 3.8) is 0 Å². The molecule has 2 aromatic rings. The Balaban J connectivity index is 2.02. The van der Waals surface area contributed by atoms with E-state index in [0.717, 1.165) is 24.3 Å². The summed E-state index contributed by atoms with van der Waals surface area (Å²) >= 11 is 6.97. The van der Waals surface area contributed by atoms with Crippen LogP contribution in [0.1, 0.15) is 19.4 Å². The van der Waals surface area contributed by atoms with Gasteiger partial charge in [-0.05, 0) is 37.7 Å². The second kappa shape index (κ2) is 8.39. The van der Waals surface area contributed by atoms with Gasteiger partial charge in [0.15, 0.2) is 0 Å². The van der Waals surface area contributed by atoms with Crippen molar-refractivity contribution in [2.24, 2.45) is 5.73 Å². The maximum atomic E-state index is 9.32. The van der Waals surface area contributed by atoms with Gasteiger partial charge >= 0.3 is 0 Å². The minimum Gasteiger partial charge on any atom is -0.395 e. The number of rotatable bonds is 7. The largest absolute Gasteiger partial charge is 0.395 e. The van der Waals surface area contributed by atoms with Crippen molar-refractivity contribution in [2.45, 2.75) is 29.7 Å². The first kappa shape index (κ1) is 19.2. The Morgan fingerprint density at radius 2 is 1.96 bits per heavy atom. The average molecular weight is 388 g/mol. The molecule has 0 saturated heterocycles. The van der Waals surface area contributed by atoms with Crippen molar-refractivity contribution >= 4 is 40.3 Å². The van der Waals surface area contributed by atoms with Gasteiger partial charge in [-0.3, -0.25) is 4.90 Å². The fourth-order valence-electron chi connectivity index (χ4n) is 3.39. The first-order valence-electron chi connectivity index (χ1n) is 8.88. The summed E-state index contributed by atoms with van der Waals surface area (Å²) in [6.07, 6.45) is 0. The molecular formula is C20H25N3OS2. The van der Waals surface area contributed by atoms with Crippen molar-refractivity contribution in [1.29, 1.82) is 0 Å². The molecule has 138 valence electrons. The molecule has 0 aliphatic carbocycles. The molecule has 6 heteroatoms. The van der Waals surface area contributed by atoms with Gasteiger partial charge in [0.1, 0.15) is 4.99 Å². The van der Waals surface area contributed by atoms with E-state index < -0.39 is 0 Å². The molecule has 4 nitrogen and oxygen atoms in total. The number of fused-ring (bicyclic) bond motifs is 2. The van der Waals surface area contributed by atoms with Gasteiger partial charge in [-0.1, -0.05) is 49.1 Å². The molecule has 1 atom stereocenters. The van der Waals surface area contributed by atoms with Gasteiger partial charge in [0.25, 0.3) is 0 Å². The summed E-state index contributed by atoms with van der Waals surface area (Å²) in [5.74, 6) is 0. The Morgan fingerprint density at radius 1 is 1.23 bits per heavy atom. The van der Waals surface area contributed by atoms with Crippen LogP contribution in [-0.4, -0.2) is 47.3 Å². The van der Waals surface area contributed by atoms with Gasteiger partial charge in [-0.25, -0.2) is 0 Å². The second-order valence-electron chi connectivity index (χ2n) is 6.45.